The Balaban J connectivity index is 1.15. The molecule has 5 nitrogen and oxygen atoms in total. The van der Waals surface area contributed by atoms with E-state index in [1.807, 2.05) is 30.3 Å². The lowest BCUT2D eigenvalue weighted by atomic mass is 10.1. The second-order valence-corrected chi connectivity index (χ2v) is 12.5. The molecular formula is C45H29N5. The van der Waals surface area contributed by atoms with Crippen LogP contribution in [-0.2, 0) is 0 Å². The average molecular weight is 640 g/mol. The highest BCUT2D eigenvalue weighted by Crippen LogP contribution is 2.35. The smallest absolute Gasteiger partial charge is 0.164 e. The van der Waals surface area contributed by atoms with Crippen LogP contribution in [0, 0.1) is 0 Å². The molecular weight excluding hydrogens is 611 g/mol. The van der Waals surface area contributed by atoms with Gasteiger partial charge in [0, 0.05) is 49.6 Å². The minimum Gasteiger partial charge on any atom is -0.309 e. The summed E-state index contributed by atoms with van der Waals surface area (Å²) in [5.74, 6) is 1.88. The van der Waals surface area contributed by atoms with Crippen LogP contribution < -0.4 is 0 Å². The fourth-order valence-corrected chi connectivity index (χ4v) is 7.32. The van der Waals surface area contributed by atoms with Crippen LogP contribution >= 0.6 is 0 Å². The van der Waals surface area contributed by atoms with E-state index < -0.39 is 0 Å². The zero-order valence-corrected chi connectivity index (χ0v) is 27.0. The van der Waals surface area contributed by atoms with Crippen molar-refractivity contribution in [1.29, 1.82) is 0 Å². The highest BCUT2D eigenvalue weighted by molar-refractivity contribution is 6.10. The van der Waals surface area contributed by atoms with Crippen molar-refractivity contribution in [3.8, 4) is 45.5 Å². The summed E-state index contributed by atoms with van der Waals surface area (Å²) < 4.78 is 4.65. The summed E-state index contributed by atoms with van der Waals surface area (Å²) in [5.41, 5.74) is 9.53. The molecule has 3 aromatic heterocycles. The van der Waals surface area contributed by atoms with Gasteiger partial charge in [0.1, 0.15) is 0 Å². The van der Waals surface area contributed by atoms with Crippen LogP contribution in [-0.4, -0.2) is 24.1 Å². The lowest BCUT2D eigenvalue weighted by Gasteiger charge is -2.12. The molecule has 234 valence electrons. The third-order valence-corrected chi connectivity index (χ3v) is 9.55. The molecule has 0 aliphatic rings. The number of hydrogen-bond donors (Lipinski definition) is 0. The Morgan fingerprint density at radius 3 is 1.00 bits per heavy atom. The van der Waals surface area contributed by atoms with Crippen molar-refractivity contribution in [3.05, 3.63) is 176 Å². The van der Waals surface area contributed by atoms with Crippen LogP contribution in [0.1, 0.15) is 0 Å². The summed E-state index contributed by atoms with van der Waals surface area (Å²) in [6.45, 7) is 0. The lowest BCUT2D eigenvalue weighted by Crippen LogP contribution is -2.02. The molecule has 0 fully saturated rings. The summed E-state index contributed by atoms with van der Waals surface area (Å²) in [6.07, 6.45) is 0. The molecule has 0 radical (unpaired) electrons. The predicted octanol–water partition coefficient (Wildman–Crippen LogP) is 11.1. The van der Waals surface area contributed by atoms with Gasteiger partial charge in [-0.1, -0.05) is 127 Å². The van der Waals surface area contributed by atoms with E-state index in [9.17, 15) is 0 Å². The molecule has 0 aliphatic heterocycles. The summed E-state index contributed by atoms with van der Waals surface area (Å²) in [7, 11) is 0. The van der Waals surface area contributed by atoms with Crippen molar-refractivity contribution < 1.29 is 0 Å². The van der Waals surface area contributed by atoms with Crippen molar-refractivity contribution in [2.45, 2.75) is 0 Å². The van der Waals surface area contributed by atoms with Crippen molar-refractivity contribution in [2.24, 2.45) is 0 Å². The van der Waals surface area contributed by atoms with Gasteiger partial charge >= 0.3 is 0 Å². The molecule has 0 bridgehead atoms. The molecule has 0 N–H and O–H groups in total. The molecule has 10 aromatic rings. The normalized spacial score (nSPS) is 11.6. The van der Waals surface area contributed by atoms with E-state index in [1.54, 1.807) is 0 Å². The highest BCUT2D eigenvalue weighted by atomic mass is 15.0. The van der Waals surface area contributed by atoms with Gasteiger partial charge in [0.2, 0.25) is 0 Å². The maximum absolute atomic E-state index is 5.15. The van der Waals surface area contributed by atoms with Crippen molar-refractivity contribution in [1.82, 2.24) is 24.1 Å². The Morgan fingerprint density at radius 2 is 0.600 bits per heavy atom. The van der Waals surface area contributed by atoms with Crippen LogP contribution in [0.15, 0.2) is 176 Å². The SMILES string of the molecule is c1ccc(-c2nc(-c3cccc(-n4c5ccccc5c5ccccc54)c3)nc(-c3cccc(-n4c5ccccc5c5ccccc54)c3)n2)cc1. The number of nitrogens with zero attached hydrogens (tertiary/aromatic N) is 5. The largest absolute Gasteiger partial charge is 0.309 e. The first-order valence-corrected chi connectivity index (χ1v) is 16.8. The maximum atomic E-state index is 5.15. The zero-order valence-electron chi connectivity index (χ0n) is 27.0. The minimum atomic E-state index is 0.624. The Labute approximate surface area is 288 Å². The topological polar surface area (TPSA) is 48.5 Å². The molecule has 0 aliphatic carbocycles. The van der Waals surface area contributed by atoms with Crippen molar-refractivity contribution in [3.63, 3.8) is 0 Å². The molecule has 7 aromatic carbocycles. The first-order chi connectivity index (χ1) is 24.8. The Hall–Kier alpha value is -6.85. The molecule has 0 saturated heterocycles. The molecule has 0 unspecified atom stereocenters. The third-order valence-electron chi connectivity index (χ3n) is 9.55. The number of aromatic nitrogens is 5. The van der Waals surface area contributed by atoms with Crippen LogP contribution in [0.2, 0.25) is 0 Å². The monoisotopic (exact) mass is 639 g/mol. The van der Waals surface area contributed by atoms with Crippen LogP contribution in [0.3, 0.4) is 0 Å². The molecule has 10 rings (SSSR count). The Kier molecular flexibility index (Phi) is 6.42. The highest BCUT2D eigenvalue weighted by Gasteiger charge is 2.17. The fourth-order valence-electron chi connectivity index (χ4n) is 7.32. The average Bonchev–Trinajstić information content (AvgIpc) is 3.71. The number of benzene rings is 7. The van der Waals surface area contributed by atoms with E-state index in [0.29, 0.717) is 17.5 Å². The summed E-state index contributed by atoms with van der Waals surface area (Å²) in [4.78, 5) is 15.3. The molecule has 50 heavy (non-hydrogen) atoms. The lowest BCUT2D eigenvalue weighted by molar-refractivity contribution is 1.07. The second-order valence-electron chi connectivity index (χ2n) is 12.5. The molecule has 0 atom stereocenters. The van der Waals surface area contributed by atoms with Gasteiger partial charge in [-0.25, -0.2) is 15.0 Å². The van der Waals surface area contributed by atoms with E-state index in [-0.39, 0.29) is 0 Å². The Morgan fingerprint density at radius 1 is 0.280 bits per heavy atom. The quantitative estimate of drug-likeness (QED) is 0.188. The summed E-state index contributed by atoms with van der Waals surface area (Å²) in [5, 5.41) is 4.91. The van der Waals surface area contributed by atoms with E-state index in [0.717, 1.165) is 50.1 Å². The van der Waals surface area contributed by atoms with E-state index in [1.165, 1.54) is 21.5 Å². The van der Waals surface area contributed by atoms with Gasteiger partial charge in [-0.2, -0.15) is 0 Å². The minimum absolute atomic E-state index is 0.624. The second kappa shape index (κ2) is 11.4. The van der Waals surface area contributed by atoms with Gasteiger partial charge in [0.25, 0.3) is 0 Å². The standard InChI is InChI=1S/C45H29N5/c1-2-14-30(15-3-1)43-46-44(31-16-12-18-33(28-31)49-39-24-8-4-20-35(39)36-21-5-9-25-40(36)49)48-45(47-43)32-17-13-19-34(29-32)50-41-26-10-6-22-37(41)38-23-7-11-27-42(38)50/h1-29H. The van der Waals surface area contributed by atoms with Crippen LogP contribution in [0.25, 0.3) is 89.2 Å². The molecule has 0 spiro atoms. The molecule has 3 heterocycles. The van der Waals surface area contributed by atoms with Gasteiger partial charge in [-0.3, -0.25) is 0 Å². The number of hydrogen-bond acceptors (Lipinski definition) is 3. The number of para-hydroxylation sites is 4. The van der Waals surface area contributed by atoms with Gasteiger partial charge in [-0.05, 0) is 48.5 Å². The first kappa shape index (κ1) is 28.2. The van der Waals surface area contributed by atoms with E-state index >= 15 is 0 Å². The van der Waals surface area contributed by atoms with E-state index in [4.69, 9.17) is 15.0 Å². The first-order valence-electron chi connectivity index (χ1n) is 16.8. The van der Waals surface area contributed by atoms with Gasteiger partial charge < -0.3 is 9.13 Å². The maximum Gasteiger partial charge on any atom is 0.164 e. The Bertz CT molecular complexity index is 2600. The van der Waals surface area contributed by atoms with Gasteiger partial charge in [-0.15, -0.1) is 0 Å². The van der Waals surface area contributed by atoms with Gasteiger partial charge in [0.05, 0.1) is 22.1 Å². The molecule has 0 amide bonds. The fraction of sp³-hybridized carbons (Fsp3) is 0. The van der Waals surface area contributed by atoms with E-state index in [2.05, 4.69) is 155 Å². The summed E-state index contributed by atoms with van der Waals surface area (Å²) >= 11 is 0. The number of rotatable bonds is 5. The molecule has 5 heteroatoms. The summed E-state index contributed by atoms with van der Waals surface area (Å²) in [6, 6.07) is 61.4. The third kappa shape index (κ3) is 4.52. The van der Waals surface area contributed by atoms with Crippen LogP contribution in [0.5, 0.6) is 0 Å². The number of fused-ring (bicyclic) bond motifs is 6. The zero-order chi connectivity index (χ0) is 33.0. The van der Waals surface area contributed by atoms with Crippen LogP contribution in [0.4, 0.5) is 0 Å². The molecule has 0 saturated carbocycles. The predicted molar refractivity (Wildman–Crippen MR) is 205 cm³/mol. The van der Waals surface area contributed by atoms with Gasteiger partial charge in [0.15, 0.2) is 17.5 Å². The van der Waals surface area contributed by atoms with Crippen molar-refractivity contribution in [2.75, 3.05) is 0 Å². The van der Waals surface area contributed by atoms with Crippen molar-refractivity contribution >= 4 is 43.6 Å².